The van der Waals surface area contributed by atoms with Crippen molar-refractivity contribution in [2.75, 3.05) is 19.7 Å². The fourth-order valence-electron chi connectivity index (χ4n) is 2.15. The molecule has 7 nitrogen and oxygen atoms in total. The van der Waals surface area contributed by atoms with E-state index >= 15 is 0 Å². The number of aliphatic hydroxyl groups is 1. The summed E-state index contributed by atoms with van der Waals surface area (Å²) in [7, 11) is 0. The van der Waals surface area contributed by atoms with Crippen LogP contribution in [0.5, 0.6) is 0 Å². The number of nitrogens with zero attached hydrogens (tertiary/aromatic N) is 1. The topological polar surface area (TPSA) is 107 Å². The van der Waals surface area contributed by atoms with E-state index in [0.29, 0.717) is 19.5 Å². The zero-order valence-corrected chi connectivity index (χ0v) is 11.0. The van der Waals surface area contributed by atoms with Gasteiger partial charge in [-0.1, -0.05) is 0 Å². The number of nitrogens with one attached hydrogen (secondary N) is 1. The van der Waals surface area contributed by atoms with Crippen molar-refractivity contribution in [1.29, 1.82) is 0 Å². The molecule has 1 aliphatic rings. The van der Waals surface area contributed by atoms with Gasteiger partial charge in [-0.2, -0.15) is 0 Å². The van der Waals surface area contributed by atoms with Crippen molar-refractivity contribution in [3.8, 4) is 0 Å². The van der Waals surface area contributed by atoms with Gasteiger partial charge in [-0.15, -0.1) is 0 Å². The highest BCUT2D eigenvalue weighted by atomic mass is 16.4. The van der Waals surface area contributed by atoms with Gasteiger partial charge in [0.2, 0.25) is 11.8 Å². The Morgan fingerprint density at radius 2 is 2.11 bits per heavy atom. The fraction of sp³-hybridized carbons (Fsp3) is 0.750. The largest absolute Gasteiger partial charge is 0.480 e. The molecule has 2 atom stereocenters. The molecule has 108 valence electrons. The van der Waals surface area contributed by atoms with Crippen LogP contribution < -0.4 is 5.32 Å². The molecule has 0 aromatic heterocycles. The maximum Gasteiger partial charge on any atom is 0.326 e. The number of hydrogen-bond donors (Lipinski definition) is 3. The number of carboxylic acid groups (broad SMARTS) is 1. The number of likely N-dealkylation sites (tertiary alicyclic amines) is 1. The van der Waals surface area contributed by atoms with Crippen LogP contribution in [0.15, 0.2) is 0 Å². The monoisotopic (exact) mass is 272 g/mol. The molecule has 1 aliphatic heterocycles. The Morgan fingerprint density at radius 3 is 2.63 bits per heavy atom. The maximum absolute atomic E-state index is 12.0. The number of carboxylic acids is 1. The second-order valence-electron chi connectivity index (χ2n) is 4.72. The highest BCUT2D eigenvalue weighted by molar-refractivity contribution is 5.85. The lowest BCUT2D eigenvalue weighted by Gasteiger charge is -2.31. The molecule has 1 fully saturated rings. The maximum atomic E-state index is 12.0. The lowest BCUT2D eigenvalue weighted by molar-refractivity contribution is -0.144. The van der Waals surface area contributed by atoms with Crippen molar-refractivity contribution in [2.24, 2.45) is 5.92 Å². The third kappa shape index (κ3) is 4.51. The van der Waals surface area contributed by atoms with Crippen molar-refractivity contribution in [3.63, 3.8) is 0 Å². The minimum atomic E-state index is -1.17. The molecule has 0 aliphatic carbocycles. The van der Waals surface area contributed by atoms with Gasteiger partial charge >= 0.3 is 5.97 Å². The molecule has 3 N–H and O–H groups in total. The molecule has 0 radical (unpaired) electrons. The quantitative estimate of drug-likeness (QED) is 0.607. The van der Waals surface area contributed by atoms with Crippen molar-refractivity contribution in [3.05, 3.63) is 0 Å². The van der Waals surface area contributed by atoms with Crippen molar-refractivity contribution in [1.82, 2.24) is 10.2 Å². The predicted octanol–water partition coefficient (Wildman–Crippen LogP) is -0.803. The van der Waals surface area contributed by atoms with Gasteiger partial charge < -0.3 is 20.4 Å². The smallest absolute Gasteiger partial charge is 0.326 e. The van der Waals surface area contributed by atoms with Gasteiger partial charge in [0.05, 0.1) is 5.92 Å². The summed E-state index contributed by atoms with van der Waals surface area (Å²) in [5.41, 5.74) is 0. The number of carbonyl (C=O) groups excluding carboxylic acids is 2. The standard InChI is InChI=1S/C12H20N2O5/c1-8(16)14-5-2-3-9(7-14)11(17)13-10(4-6-15)12(18)19/h9-10,15H,2-7H2,1H3,(H,13,17)(H,18,19)/t9?,10-/m1/s1. The average Bonchev–Trinajstić information content (AvgIpc) is 2.38. The number of rotatable bonds is 5. The van der Waals surface area contributed by atoms with Crippen LogP contribution in [-0.2, 0) is 14.4 Å². The Balaban J connectivity index is 2.56. The zero-order chi connectivity index (χ0) is 14.4. The first-order valence-electron chi connectivity index (χ1n) is 6.35. The molecule has 19 heavy (non-hydrogen) atoms. The number of aliphatic hydroxyl groups excluding tert-OH is 1. The predicted molar refractivity (Wildman–Crippen MR) is 66.2 cm³/mol. The van der Waals surface area contributed by atoms with Gasteiger partial charge in [-0.25, -0.2) is 4.79 Å². The first kappa shape index (κ1) is 15.4. The zero-order valence-electron chi connectivity index (χ0n) is 11.0. The molecular weight excluding hydrogens is 252 g/mol. The molecule has 1 saturated heterocycles. The number of aliphatic carboxylic acids is 1. The van der Waals surface area contributed by atoms with Crippen LogP contribution in [0.2, 0.25) is 0 Å². The molecule has 1 heterocycles. The summed E-state index contributed by atoms with van der Waals surface area (Å²) in [6.45, 7) is 2.11. The van der Waals surface area contributed by atoms with Crippen molar-refractivity contribution < 1.29 is 24.6 Å². The summed E-state index contributed by atoms with van der Waals surface area (Å²) in [5.74, 6) is -1.99. The second-order valence-corrected chi connectivity index (χ2v) is 4.72. The first-order chi connectivity index (χ1) is 8.95. The van der Waals surface area contributed by atoms with Crippen LogP contribution >= 0.6 is 0 Å². The van der Waals surface area contributed by atoms with Gasteiger partial charge in [0.25, 0.3) is 0 Å². The third-order valence-corrected chi connectivity index (χ3v) is 3.27. The minimum Gasteiger partial charge on any atom is -0.480 e. The number of carbonyl (C=O) groups is 3. The van der Waals surface area contributed by atoms with Crippen LogP contribution in [0.4, 0.5) is 0 Å². The minimum absolute atomic E-state index is 0.0236. The van der Waals surface area contributed by atoms with E-state index in [9.17, 15) is 14.4 Å². The molecule has 2 amide bonds. The Labute approximate surface area is 111 Å². The van der Waals surface area contributed by atoms with Crippen LogP contribution in [0.1, 0.15) is 26.2 Å². The van der Waals surface area contributed by atoms with E-state index in [4.69, 9.17) is 10.2 Å². The highest BCUT2D eigenvalue weighted by Crippen LogP contribution is 2.17. The van der Waals surface area contributed by atoms with Crippen LogP contribution in [-0.4, -0.2) is 58.6 Å². The molecule has 0 bridgehead atoms. The van der Waals surface area contributed by atoms with E-state index in [1.165, 1.54) is 6.92 Å². The lowest BCUT2D eigenvalue weighted by Crippen LogP contribution is -2.49. The summed E-state index contributed by atoms with van der Waals surface area (Å²) in [4.78, 5) is 35.7. The molecule has 7 heteroatoms. The Morgan fingerprint density at radius 1 is 1.42 bits per heavy atom. The van der Waals surface area contributed by atoms with Crippen molar-refractivity contribution in [2.45, 2.75) is 32.2 Å². The number of hydrogen-bond acceptors (Lipinski definition) is 4. The Kier molecular flexibility index (Phi) is 5.75. The fourth-order valence-corrected chi connectivity index (χ4v) is 2.15. The van der Waals surface area contributed by atoms with E-state index in [2.05, 4.69) is 5.32 Å². The summed E-state index contributed by atoms with van der Waals surface area (Å²) >= 11 is 0. The lowest BCUT2D eigenvalue weighted by atomic mass is 9.96. The van der Waals surface area contributed by atoms with Crippen LogP contribution in [0.25, 0.3) is 0 Å². The molecule has 0 spiro atoms. The molecule has 0 aromatic carbocycles. The molecule has 1 unspecified atom stereocenters. The number of amides is 2. The van der Waals surface area contributed by atoms with E-state index in [1.807, 2.05) is 0 Å². The van der Waals surface area contributed by atoms with Crippen LogP contribution in [0, 0.1) is 5.92 Å². The normalized spacial score (nSPS) is 20.7. The molecule has 0 saturated carbocycles. The summed E-state index contributed by atoms with van der Waals surface area (Å²) in [6, 6.07) is -1.08. The van der Waals surface area contributed by atoms with Gasteiger partial charge in [0.15, 0.2) is 0 Å². The molecule has 0 aromatic rings. The second kappa shape index (κ2) is 7.08. The Bertz CT molecular complexity index is 358. The van der Waals surface area contributed by atoms with E-state index in [1.54, 1.807) is 4.90 Å². The Hall–Kier alpha value is -1.63. The molecular formula is C12H20N2O5. The summed E-state index contributed by atoms with van der Waals surface area (Å²) in [6.07, 6.45) is 1.35. The van der Waals surface area contributed by atoms with Gasteiger partial charge in [-0.05, 0) is 12.8 Å². The van der Waals surface area contributed by atoms with E-state index < -0.39 is 12.0 Å². The first-order valence-corrected chi connectivity index (χ1v) is 6.35. The van der Waals surface area contributed by atoms with Gasteiger partial charge in [-0.3, -0.25) is 9.59 Å². The van der Waals surface area contributed by atoms with Gasteiger partial charge in [0, 0.05) is 33.0 Å². The highest BCUT2D eigenvalue weighted by Gasteiger charge is 2.29. The summed E-state index contributed by atoms with van der Waals surface area (Å²) < 4.78 is 0. The van der Waals surface area contributed by atoms with Gasteiger partial charge in [0.1, 0.15) is 6.04 Å². The van der Waals surface area contributed by atoms with Crippen molar-refractivity contribution >= 4 is 17.8 Å². The third-order valence-electron chi connectivity index (χ3n) is 3.27. The SMILES string of the molecule is CC(=O)N1CCCC(C(=O)N[C@H](CCO)C(=O)O)C1. The van der Waals surface area contributed by atoms with E-state index in [-0.39, 0.29) is 30.8 Å². The van der Waals surface area contributed by atoms with E-state index in [0.717, 1.165) is 6.42 Å². The molecule has 1 rings (SSSR count). The van der Waals surface area contributed by atoms with Crippen LogP contribution in [0.3, 0.4) is 0 Å². The average molecular weight is 272 g/mol. The number of piperidine rings is 1. The summed E-state index contributed by atoms with van der Waals surface area (Å²) in [5, 5.41) is 20.1.